The Hall–Kier alpha value is -2.69. The largest absolute Gasteiger partial charge is 0.495 e. The quantitative estimate of drug-likeness (QED) is 0.498. The van der Waals surface area contributed by atoms with Crippen molar-refractivity contribution in [2.24, 2.45) is 0 Å². The van der Waals surface area contributed by atoms with Crippen molar-refractivity contribution in [3.05, 3.63) is 58.1 Å². The lowest BCUT2D eigenvalue weighted by Gasteiger charge is -2.34. The van der Waals surface area contributed by atoms with Gasteiger partial charge in [-0.15, -0.1) is 0 Å². The zero-order chi connectivity index (χ0) is 21.0. The summed E-state index contributed by atoms with van der Waals surface area (Å²) in [6, 6.07) is 12.2. The average Bonchev–Trinajstić information content (AvgIpc) is 2.73. The zero-order valence-electron chi connectivity index (χ0n) is 16.3. The molecule has 10 heteroatoms. The second-order valence-electron chi connectivity index (χ2n) is 6.60. The number of nitro groups is 1. The fraction of sp³-hybridized carbons (Fsp3) is 0.368. The molecule has 1 aliphatic heterocycles. The summed E-state index contributed by atoms with van der Waals surface area (Å²) in [6.45, 7) is 2.56. The highest BCUT2D eigenvalue weighted by Crippen LogP contribution is 2.38. The molecule has 0 aromatic heterocycles. The molecule has 2 aromatic rings. The van der Waals surface area contributed by atoms with Crippen LogP contribution in [0.2, 0.25) is 0 Å². The van der Waals surface area contributed by atoms with Crippen LogP contribution in [0.5, 0.6) is 11.5 Å². The van der Waals surface area contributed by atoms with Crippen molar-refractivity contribution in [1.29, 1.82) is 0 Å². The molecule has 0 radical (unpaired) electrons. The number of rotatable bonds is 7. The van der Waals surface area contributed by atoms with E-state index in [1.54, 1.807) is 0 Å². The van der Waals surface area contributed by atoms with Gasteiger partial charge < -0.3 is 9.47 Å². The Morgan fingerprint density at radius 1 is 1.00 bits per heavy atom. The van der Waals surface area contributed by atoms with Gasteiger partial charge in [-0.3, -0.25) is 15.0 Å². The van der Waals surface area contributed by atoms with Gasteiger partial charge in [-0.25, -0.2) is 8.42 Å². The highest BCUT2D eigenvalue weighted by molar-refractivity contribution is 7.89. The molecule has 0 bridgehead atoms. The van der Waals surface area contributed by atoms with Crippen molar-refractivity contribution in [1.82, 2.24) is 9.21 Å². The number of nitrogens with zero attached hydrogens (tertiary/aromatic N) is 3. The van der Waals surface area contributed by atoms with E-state index in [2.05, 4.69) is 4.90 Å². The van der Waals surface area contributed by atoms with Gasteiger partial charge in [-0.2, -0.15) is 4.31 Å². The topological polar surface area (TPSA) is 102 Å². The van der Waals surface area contributed by atoms with Crippen LogP contribution in [0, 0.1) is 10.1 Å². The smallest absolute Gasteiger partial charge is 0.314 e. The maximum absolute atomic E-state index is 13.2. The molecule has 9 nitrogen and oxygen atoms in total. The highest BCUT2D eigenvalue weighted by atomic mass is 32.2. The first kappa shape index (κ1) is 21.0. The van der Waals surface area contributed by atoms with E-state index in [0.29, 0.717) is 26.2 Å². The Labute approximate surface area is 169 Å². The fourth-order valence-electron chi connectivity index (χ4n) is 3.31. The van der Waals surface area contributed by atoms with Crippen LogP contribution in [0.3, 0.4) is 0 Å². The van der Waals surface area contributed by atoms with Crippen molar-refractivity contribution in [2.75, 3.05) is 40.4 Å². The first-order valence-corrected chi connectivity index (χ1v) is 10.5. The van der Waals surface area contributed by atoms with Crippen molar-refractivity contribution >= 4 is 15.7 Å². The molecule has 29 heavy (non-hydrogen) atoms. The predicted octanol–water partition coefficient (Wildman–Crippen LogP) is 2.12. The predicted molar refractivity (Wildman–Crippen MR) is 107 cm³/mol. The molecule has 2 aromatic carbocycles. The molecule has 1 aliphatic rings. The van der Waals surface area contributed by atoms with Crippen LogP contribution in [0.4, 0.5) is 5.69 Å². The van der Waals surface area contributed by atoms with Crippen molar-refractivity contribution in [3.8, 4) is 11.5 Å². The maximum atomic E-state index is 13.2. The van der Waals surface area contributed by atoms with Crippen LogP contribution >= 0.6 is 0 Å². The van der Waals surface area contributed by atoms with E-state index in [1.807, 2.05) is 30.3 Å². The Morgan fingerprint density at radius 2 is 1.62 bits per heavy atom. The van der Waals surface area contributed by atoms with E-state index in [9.17, 15) is 18.5 Å². The van der Waals surface area contributed by atoms with Gasteiger partial charge >= 0.3 is 5.69 Å². The summed E-state index contributed by atoms with van der Waals surface area (Å²) in [5.41, 5.74) is 0.821. The normalized spacial score (nSPS) is 15.8. The second kappa shape index (κ2) is 8.76. The fourth-order valence-corrected chi connectivity index (χ4v) is 4.88. The van der Waals surface area contributed by atoms with Crippen LogP contribution in [0.25, 0.3) is 0 Å². The van der Waals surface area contributed by atoms with Gasteiger partial charge in [0.05, 0.1) is 25.2 Å². The van der Waals surface area contributed by atoms with Crippen LogP contribution in [0.1, 0.15) is 5.56 Å². The number of hydrogen-bond acceptors (Lipinski definition) is 7. The van der Waals surface area contributed by atoms with E-state index in [0.717, 1.165) is 18.7 Å². The molecular formula is C19H23N3O6S. The Bertz CT molecular complexity index is 973. The summed E-state index contributed by atoms with van der Waals surface area (Å²) >= 11 is 0. The summed E-state index contributed by atoms with van der Waals surface area (Å²) in [7, 11) is -1.36. The number of piperazine rings is 1. The number of benzene rings is 2. The molecule has 0 atom stereocenters. The van der Waals surface area contributed by atoms with Gasteiger partial charge in [0.25, 0.3) is 0 Å². The number of nitro benzene ring substituents is 1. The SMILES string of the molecule is COc1cc(S(=O)(=O)N2CCN(Cc3ccccc3)CC2)c(OC)cc1[N+](=O)[O-]. The Morgan fingerprint density at radius 3 is 2.17 bits per heavy atom. The van der Waals surface area contributed by atoms with Gasteiger partial charge in [0.1, 0.15) is 10.6 Å². The second-order valence-corrected chi connectivity index (χ2v) is 8.50. The van der Waals surface area contributed by atoms with E-state index in [1.165, 1.54) is 24.1 Å². The minimum atomic E-state index is -3.90. The lowest BCUT2D eigenvalue weighted by molar-refractivity contribution is -0.385. The molecule has 1 fully saturated rings. The molecule has 0 N–H and O–H groups in total. The number of methoxy groups -OCH3 is 2. The summed E-state index contributed by atoms with van der Waals surface area (Å²) in [5.74, 6) is -0.207. The molecule has 156 valence electrons. The summed E-state index contributed by atoms with van der Waals surface area (Å²) in [4.78, 5) is 12.6. The molecule has 0 saturated carbocycles. The van der Waals surface area contributed by atoms with Gasteiger partial charge in [0.2, 0.25) is 10.0 Å². The number of hydrogen-bond donors (Lipinski definition) is 0. The first-order valence-electron chi connectivity index (χ1n) is 9.03. The molecule has 0 amide bonds. The number of sulfonamides is 1. The van der Waals surface area contributed by atoms with E-state index >= 15 is 0 Å². The minimum Gasteiger partial charge on any atom is -0.495 e. The van der Waals surface area contributed by atoms with E-state index in [-0.39, 0.29) is 22.1 Å². The van der Waals surface area contributed by atoms with Gasteiger partial charge in [-0.1, -0.05) is 30.3 Å². The van der Waals surface area contributed by atoms with Gasteiger partial charge in [0.15, 0.2) is 5.75 Å². The van der Waals surface area contributed by atoms with Gasteiger partial charge in [-0.05, 0) is 5.56 Å². The summed E-state index contributed by atoms with van der Waals surface area (Å²) in [6.07, 6.45) is 0. The van der Waals surface area contributed by atoms with Crippen molar-refractivity contribution < 1.29 is 22.8 Å². The highest BCUT2D eigenvalue weighted by Gasteiger charge is 2.33. The number of ether oxygens (including phenoxy) is 2. The third-order valence-electron chi connectivity index (χ3n) is 4.86. The molecule has 3 rings (SSSR count). The first-order chi connectivity index (χ1) is 13.9. The van der Waals surface area contributed by atoms with Crippen molar-refractivity contribution in [3.63, 3.8) is 0 Å². The maximum Gasteiger partial charge on any atom is 0.314 e. The lowest BCUT2D eigenvalue weighted by atomic mass is 10.2. The molecular weight excluding hydrogens is 398 g/mol. The molecule has 1 heterocycles. The lowest BCUT2D eigenvalue weighted by Crippen LogP contribution is -2.48. The van der Waals surface area contributed by atoms with E-state index < -0.39 is 14.9 Å². The third-order valence-corrected chi connectivity index (χ3v) is 6.78. The molecule has 0 spiro atoms. The van der Waals surface area contributed by atoms with Gasteiger partial charge in [0, 0.05) is 38.8 Å². The Kier molecular flexibility index (Phi) is 6.36. The van der Waals surface area contributed by atoms with E-state index in [4.69, 9.17) is 9.47 Å². The standard InChI is InChI=1S/C19H23N3O6S/c1-27-17-13-19(18(28-2)12-16(17)22(23)24)29(25,26)21-10-8-20(9-11-21)14-15-6-4-3-5-7-15/h3-7,12-13H,8-11,14H2,1-2H3. The Balaban J connectivity index is 1.80. The molecule has 0 aliphatic carbocycles. The molecule has 0 unspecified atom stereocenters. The summed E-state index contributed by atoms with van der Waals surface area (Å²) < 4.78 is 37.9. The van der Waals surface area contributed by atoms with Crippen LogP contribution in [-0.4, -0.2) is 62.9 Å². The monoisotopic (exact) mass is 421 g/mol. The van der Waals surface area contributed by atoms with Crippen LogP contribution in [0.15, 0.2) is 47.4 Å². The summed E-state index contributed by atoms with van der Waals surface area (Å²) in [5, 5.41) is 11.2. The van der Waals surface area contributed by atoms with Crippen molar-refractivity contribution in [2.45, 2.75) is 11.4 Å². The third kappa shape index (κ3) is 4.50. The molecule has 1 saturated heterocycles. The zero-order valence-corrected chi connectivity index (χ0v) is 17.1. The van der Waals surface area contributed by atoms with Crippen LogP contribution < -0.4 is 9.47 Å². The van der Waals surface area contributed by atoms with Crippen LogP contribution in [-0.2, 0) is 16.6 Å². The average molecular weight is 421 g/mol. The minimum absolute atomic E-state index is 0.0794.